The normalized spacial score (nSPS) is 28.8. The van der Waals surface area contributed by atoms with Gasteiger partial charge in [-0.3, -0.25) is 4.79 Å². The Labute approximate surface area is 120 Å². The molecule has 0 radical (unpaired) electrons. The zero-order valence-electron chi connectivity index (χ0n) is 12.0. The fourth-order valence-electron chi connectivity index (χ4n) is 3.28. The topological polar surface area (TPSA) is 77.9 Å². The summed E-state index contributed by atoms with van der Waals surface area (Å²) in [6.45, 7) is 1.94. The van der Waals surface area contributed by atoms with Crippen LogP contribution in [-0.4, -0.2) is 67.2 Å². The SMILES string of the molecule is CS(=O)(=O)N1CCCC1C(=O)N1CCCC(CCO)C1. The van der Waals surface area contributed by atoms with Crippen LogP contribution in [0.2, 0.25) is 0 Å². The van der Waals surface area contributed by atoms with Gasteiger partial charge in [0.05, 0.1) is 6.26 Å². The Bertz CT molecular complexity index is 449. The Balaban J connectivity index is 2.03. The van der Waals surface area contributed by atoms with Crippen LogP contribution in [0.1, 0.15) is 32.1 Å². The van der Waals surface area contributed by atoms with Crippen molar-refractivity contribution in [1.29, 1.82) is 0 Å². The van der Waals surface area contributed by atoms with Crippen molar-refractivity contribution in [1.82, 2.24) is 9.21 Å². The van der Waals surface area contributed by atoms with E-state index in [9.17, 15) is 13.2 Å². The highest BCUT2D eigenvalue weighted by molar-refractivity contribution is 7.88. The van der Waals surface area contributed by atoms with E-state index in [0.717, 1.165) is 19.3 Å². The fraction of sp³-hybridized carbons (Fsp3) is 0.923. The predicted molar refractivity (Wildman–Crippen MR) is 75.6 cm³/mol. The summed E-state index contributed by atoms with van der Waals surface area (Å²) >= 11 is 0. The molecule has 2 unspecified atom stereocenters. The van der Waals surface area contributed by atoms with Gasteiger partial charge in [-0.15, -0.1) is 0 Å². The van der Waals surface area contributed by atoms with Gasteiger partial charge in [0, 0.05) is 26.2 Å². The molecule has 0 aromatic rings. The summed E-state index contributed by atoms with van der Waals surface area (Å²) in [6.07, 6.45) is 5.21. The highest BCUT2D eigenvalue weighted by atomic mass is 32.2. The molecule has 2 saturated heterocycles. The predicted octanol–water partition coefficient (Wildman–Crippen LogP) is 0.0314. The number of nitrogens with zero attached hydrogens (tertiary/aromatic N) is 2. The minimum atomic E-state index is -3.31. The number of piperidine rings is 1. The van der Waals surface area contributed by atoms with Crippen LogP contribution in [-0.2, 0) is 14.8 Å². The third-order valence-electron chi connectivity index (χ3n) is 4.28. The minimum Gasteiger partial charge on any atom is -0.396 e. The smallest absolute Gasteiger partial charge is 0.241 e. The second-order valence-corrected chi connectivity index (χ2v) is 7.77. The third kappa shape index (κ3) is 3.51. The molecule has 1 amide bonds. The van der Waals surface area contributed by atoms with Crippen molar-refractivity contribution in [2.24, 2.45) is 5.92 Å². The van der Waals surface area contributed by atoms with Crippen LogP contribution in [0, 0.1) is 5.92 Å². The molecule has 0 bridgehead atoms. The maximum absolute atomic E-state index is 12.6. The zero-order chi connectivity index (χ0) is 14.8. The first-order valence-corrected chi connectivity index (χ1v) is 9.14. The fourth-order valence-corrected chi connectivity index (χ4v) is 4.40. The van der Waals surface area contributed by atoms with Crippen molar-refractivity contribution in [3.63, 3.8) is 0 Å². The monoisotopic (exact) mass is 304 g/mol. The van der Waals surface area contributed by atoms with Crippen molar-refractivity contribution in [3.8, 4) is 0 Å². The van der Waals surface area contributed by atoms with E-state index in [-0.39, 0.29) is 12.5 Å². The van der Waals surface area contributed by atoms with Crippen molar-refractivity contribution >= 4 is 15.9 Å². The largest absolute Gasteiger partial charge is 0.396 e. The van der Waals surface area contributed by atoms with Gasteiger partial charge in [-0.05, 0) is 38.0 Å². The van der Waals surface area contributed by atoms with Crippen LogP contribution in [0.25, 0.3) is 0 Å². The first-order valence-electron chi connectivity index (χ1n) is 7.30. The number of aliphatic hydroxyl groups excluding tert-OH is 1. The van der Waals surface area contributed by atoms with Crippen molar-refractivity contribution in [2.75, 3.05) is 32.5 Å². The van der Waals surface area contributed by atoms with E-state index in [0.29, 0.717) is 38.4 Å². The summed E-state index contributed by atoms with van der Waals surface area (Å²) in [5.41, 5.74) is 0. The molecule has 2 fully saturated rings. The molecule has 2 heterocycles. The molecular formula is C13H24N2O4S. The van der Waals surface area contributed by atoms with Gasteiger partial charge in [-0.25, -0.2) is 8.42 Å². The maximum atomic E-state index is 12.6. The molecule has 0 spiro atoms. The van der Waals surface area contributed by atoms with Gasteiger partial charge in [-0.2, -0.15) is 4.31 Å². The van der Waals surface area contributed by atoms with E-state index in [1.807, 2.05) is 0 Å². The van der Waals surface area contributed by atoms with Gasteiger partial charge in [0.25, 0.3) is 0 Å². The second-order valence-electron chi connectivity index (χ2n) is 5.84. The lowest BCUT2D eigenvalue weighted by molar-refractivity contribution is -0.136. The summed E-state index contributed by atoms with van der Waals surface area (Å²) in [4.78, 5) is 14.4. The standard InChI is InChI=1S/C13H24N2O4S/c1-20(18,19)15-8-3-5-12(15)13(17)14-7-2-4-11(10-14)6-9-16/h11-12,16H,2-10H2,1H3. The first kappa shape index (κ1) is 15.7. The van der Waals surface area contributed by atoms with Crippen LogP contribution in [0.4, 0.5) is 0 Å². The first-order chi connectivity index (χ1) is 9.43. The summed E-state index contributed by atoms with van der Waals surface area (Å²) in [5.74, 6) is 0.279. The van der Waals surface area contributed by atoms with Gasteiger partial charge >= 0.3 is 0 Å². The highest BCUT2D eigenvalue weighted by Gasteiger charge is 2.39. The minimum absolute atomic E-state index is 0.0597. The lowest BCUT2D eigenvalue weighted by atomic mass is 9.94. The molecule has 0 aliphatic carbocycles. The molecule has 7 heteroatoms. The highest BCUT2D eigenvalue weighted by Crippen LogP contribution is 2.25. The van der Waals surface area contributed by atoms with Crippen LogP contribution in [0.15, 0.2) is 0 Å². The summed E-state index contributed by atoms with van der Waals surface area (Å²) in [7, 11) is -3.31. The molecular weight excluding hydrogens is 280 g/mol. The van der Waals surface area contributed by atoms with E-state index in [1.165, 1.54) is 10.6 Å². The average molecular weight is 304 g/mol. The molecule has 2 aliphatic heterocycles. The van der Waals surface area contributed by atoms with Crippen molar-refractivity contribution < 1.29 is 18.3 Å². The number of rotatable bonds is 4. The van der Waals surface area contributed by atoms with Gasteiger partial charge in [0.1, 0.15) is 6.04 Å². The van der Waals surface area contributed by atoms with E-state index >= 15 is 0 Å². The summed E-state index contributed by atoms with van der Waals surface area (Å²) in [5, 5.41) is 9.01. The Morgan fingerprint density at radius 3 is 2.60 bits per heavy atom. The lowest BCUT2D eigenvalue weighted by Gasteiger charge is -2.35. The van der Waals surface area contributed by atoms with Gasteiger partial charge < -0.3 is 10.0 Å². The molecule has 2 atom stereocenters. The number of hydrogen-bond donors (Lipinski definition) is 1. The molecule has 1 N–H and O–H groups in total. The number of sulfonamides is 1. The Morgan fingerprint density at radius 2 is 1.95 bits per heavy atom. The maximum Gasteiger partial charge on any atom is 0.241 e. The molecule has 116 valence electrons. The van der Waals surface area contributed by atoms with Crippen molar-refractivity contribution in [3.05, 3.63) is 0 Å². The lowest BCUT2D eigenvalue weighted by Crippen LogP contribution is -2.50. The van der Waals surface area contributed by atoms with E-state index in [2.05, 4.69) is 0 Å². The Hall–Kier alpha value is -0.660. The van der Waals surface area contributed by atoms with Crippen molar-refractivity contribution in [2.45, 2.75) is 38.1 Å². The molecule has 2 aliphatic rings. The van der Waals surface area contributed by atoms with E-state index in [1.54, 1.807) is 4.90 Å². The summed E-state index contributed by atoms with van der Waals surface area (Å²) in [6, 6.07) is -0.516. The van der Waals surface area contributed by atoms with E-state index in [4.69, 9.17) is 5.11 Å². The molecule has 20 heavy (non-hydrogen) atoms. The van der Waals surface area contributed by atoms with E-state index < -0.39 is 16.1 Å². The van der Waals surface area contributed by atoms with Crippen LogP contribution >= 0.6 is 0 Å². The van der Waals surface area contributed by atoms with Crippen LogP contribution in [0.5, 0.6) is 0 Å². The zero-order valence-corrected chi connectivity index (χ0v) is 12.8. The number of amides is 1. The molecule has 0 aromatic heterocycles. The quantitative estimate of drug-likeness (QED) is 0.795. The van der Waals surface area contributed by atoms with Gasteiger partial charge in [-0.1, -0.05) is 0 Å². The number of hydrogen-bond acceptors (Lipinski definition) is 4. The molecule has 0 aromatic carbocycles. The summed E-state index contributed by atoms with van der Waals surface area (Å²) < 4.78 is 24.8. The number of carbonyl (C=O) groups excluding carboxylic acids is 1. The second kappa shape index (κ2) is 6.41. The number of carbonyl (C=O) groups is 1. The Morgan fingerprint density at radius 1 is 1.25 bits per heavy atom. The third-order valence-corrected chi connectivity index (χ3v) is 5.57. The molecule has 6 nitrogen and oxygen atoms in total. The van der Waals surface area contributed by atoms with Gasteiger partial charge in [0.2, 0.25) is 15.9 Å². The van der Waals surface area contributed by atoms with Gasteiger partial charge in [0.15, 0.2) is 0 Å². The number of aliphatic hydroxyl groups is 1. The molecule has 0 saturated carbocycles. The average Bonchev–Trinajstić information content (AvgIpc) is 2.87. The van der Waals surface area contributed by atoms with Crippen LogP contribution in [0.3, 0.4) is 0 Å². The Kier molecular flexibility index (Phi) is 5.04. The van der Waals surface area contributed by atoms with Crippen LogP contribution < -0.4 is 0 Å². The number of likely N-dealkylation sites (tertiary alicyclic amines) is 1. The molecule has 2 rings (SSSR count).